The maximum Gasteiger partial charge on any atom is 0.137 e. The fraction of sp³-hybridized carbons (Fsp3) is 0.538. The summed E-state index contributed by atoms with van der Waals surface area (Å²) in [6.45, 7) is 3.43. The number of hydrogen-bond donors (Lipinski definition) is 1. The molecule has 1 fully saturated rings. The van der Waals surface area contributed by atoms with E-state index in [4.69, 9.17) is 14.6 Å². The molecule has 1 aromatic rings. The van der Waals surface area contributed by atoms with Gasteiger partial charge < -0.3 is 14.6 Å². The second-order valence-corrected chi connectivity index (χ2v) is 4.24. The lowest BCUT2D eigenvalue weighted by Crippen LogP contribution is -2.20. The van der Waals surface area contributed by atoms with Crippen LogP contribution in [0.15, 0.2) is 24.3 Å². The van der Waals surface area contributed by atoms with E-state index in [-0.39, 0.29) is 18.9 Å². The summed E-state index contributed by atoms with van der Waals surface area (Å²) in [7, 11) is 1.99. The molecule has 4 heteroatoms. The first-order valence-electron chi connectivity index (χ1n) is 5.94. The topological polar surface area (TPSA) is 41.9 Å². The maximum absolute atomic E-state index is 9.11. The molecule has 1 aliphatic rings. The van der Waals surface area contributed by atoms with Crippen molar-refractivity contribution in [1.29, 1.82) is 0 Å². The molecule has 0 amide bonds. The predicted octanol–water partition coefficient (Wildman–Crippen LogP) is 1.41. The molecule has 17 heavy (non-hydrogen) atoms. The van der Waals surface area contributed by atoms with Crippen LogP contribution in [-0.4, -0.2) is 42.9 Å². The number of ether oxygens (including phenoxy) is 2. The Morgan fingerprint density at radius 1 is 1.53 bits per heavy atom. The molecule has 1 aromatic carbocycles. The van der Waals surface area contributed by atoms with Crippen LogP contribution in [-0.2, 0) is 4.74 Å². The minimum Gasteiger partial charge on any atom is -0.494 e. The van der Waals surface area contributed by atoms with Gasteiger partial charge in [-0.15, -0.1) is 0 Å². The van der Waals surface area contributed by atoms with E-state index in [1.54, 1.807) is 0 Å². The van der Waals surface area contributed by atoms with Gasteiger partial charge in [-0.25, -0.2) is 0 Å². The summed E-state index contributed by atoms with van der Waals surface area (Å²) < 4.78 is 11.2. The SMILES string of the molecule is CCOc1cccc(C2OC(CO)CN2C)c1. The zero-order valence-electron chi connectivity index (χ0n) is 10.3. The van der Waals surface area contributed by atoms with Gasteiger partial charge in [-0.05, 0) is 31.7 Å². The highest BCUT2D eigenvalue weighted by atomic mass is 16.5. The van der Waals surface area contributed by atoms with Crippen LogP contribution in [0.25, 0.3) is 0 Å². The Labute approximate surface area is 102 Å². The van der Waals surface area contributed by atoms with Gasteiger partial charge in [0, 0.05) is 6.54 Å². The van der Waals surface area contributed by atoms with Gasteiger partial charge in [0.05, 0.1) is 19.3 Å². The highest BCUT2D eigenvalue weighted by Crippen LogP contribution is 2.30. The van der Waals surface area contributed by atoms with Crippen LogP contribution in [0.5, 0.6) is 5.75 Å². The van der Waals surface area contributed by atoms with Crippen molar-refractivity contribution in [1.82, 2.24) is 4.90 Å². The van der Waals surface area contributed by atoms with Gasteiger partial charge >= 0.3 is 0 Å². The fourth-order valence-electron chi connectivity index (χ4n) is 2.10. The van der Waals surface area contributed by atoms with Crippen LogP contribution < -0.4 is 4.74 Å². The molecule has 0 radical (unpaired) electrons. The van der Waals surface area contributed by atoms with E-state index in [1.807, 2.05) is 38.2 Å². The molecule has 1 aliphatic heterocycles. The van der Waals surface area contributed by atoms with E-state index in [0.717, 1.165) is 17.9 Å². The molecule has 1 heterocycles. The van der Waals surface area contributed by atoms with Crippen LogP contribution in [0.4, 0.5) is 0 Å². The molecular formula is C13H19NO3. The molecule has 0 bridgehead atoms. The van der Waals surface area contributed by atoms with Gasteiger partial charge in [-0.2, -0.15) is 0 Å². The fourth-order valence-corrected chi connectivity index (χ4v) is 2.10. The summed E-state index contributed by atoms with van der Waals surface area (Å²) in [5.41, 5.74) is 1.06. The molecule has 2 atom stereocenters. The third kappa shape index (κ3) is 2.77. The Morgan fingerprint density at radius 3 is 3.00 bits per heavy atom. The van der Waals surface area contributed by atoms with Gasteiger partial charge in [0.15, 0.2) is 0 Å². The number of benzene rings is 1. The number of aliphatic hydroxyl groups excluding tert-OH is 1. The average Bonchev–Trinajstić information content (AvgIpc) is 2.71. The van der Waals surface area contributed by atoms with Gasteiger partial charge in [-0.3, -0.25) is 4.90 Å². The zero-order valence-corrected chi connectivity index (χ0v) is 10.3. The molecule has 0 saturated carbocycles. The molecule has 2 unspecified atom stereocenters. The normalized spacial score (nSPS) is 25.1. The summed E-state index contributed by atoms with van der Waals surface area (Å²) >= 11 is 0. The lowest BCUT2D eigenvalue weighted by Gasteiger charge is -2.18. The number of nitrogens with zero attached hydrogens (tertiary/aromatic N) is 1. The van der Waals surface area contributed by atoms with Crippen LogP contribution in [0, 0.1) is 0 Å². The number of rotatable bonds is 4. The molecule has 0 spiro atoms. The Balaban J connectivity index is 2.13. The van der Waals surface area contributed by atoms with E-state index in [2.05, 4.69) is 4.90 Å². The Kier molecular flexibility index (Phi) is 3.99. The van der Waals surface area contributed by atoms with Crippen LogP contribution in [0.3, 0.4) is 0 Å². The van der Waals surface area contributed by atoms with E-state index < -0.39 is 0 Å². The molecule has 94 valence electrons. The monoisotopic (exact) mass is 237 g/mol. The van der Waals surface area contributed by atoms with Crippen molar-refractivity contribution < 1.29 is 14.6 Å². The summed E-state index contributed by atoms with van der Waals surface area (Å²) in [4.78, 5) is 2.09. The first kappa shape index (κ1) is 12.4. The zero-order chi connectivity index (χ0) is 12.3. The second kappa shape index (κ2) is 5.49. The minimum atomic E-state index is -0.0965. The van der Waals surface area contributed by atoms with E-state index >= 15 is 0 Å². The van der Waals surface area contributed by atoms with Gasteiger partial charge in [-0.1, -0.05) is 12.1 Å². The largest absolute Gasteiger partial charge is 0.494 e. The van der Waals surface area contributed by atoms with E-state index in [9.17, 15) is 0 Å². The molecule has 1 N–H and O–H groups in total. The molecule has 2 rings (SSSR count). The van der Waals surface area contributed by atoms with Crippen molar-refractivity contribution in [2.45, 2.75) is 19.3 Å². The molecule has 1 saturated heterocycles. The van der Waals surface area contributed by atoms with Gasteiger partial charge in [0.2, 0.25) is 0 Å². The number of aliphatic hydroxyl groups is 1. The lowest BCUT2D eigenvalue weighted by atomic mass is 10.2. The highest BCUT2D eigenvalue weighted by Gasteiger charge is 2.30. The van der Waals surface area contributed by atoms with E-state index in [1.165, 1.54) is 0 Å². The number of hydrogen-bond acceptors (Lipinski definition) is 4. The summed E-state index contributed by atoms with van der Waals surface area (Å²) in [6, 6.07) is 7.91. The third-order valence-electron chi connectivity index (χ3n) is 2.87. The van der Waals surface area contributed by atoms with Crippen LogP contribution in [0.1, 0.15) is 18.7 Å². The van der Waals surface area contributed by atoms with Crippen molar-refractivity contribution in [2.24, 2.45) is 0 Å². The van der Waals surface area contributed by atoms with Gasteiger partial charge in [0.25, 0.3) is 0 Å². The Hall–Kier alpha value is -1.10. The predicted molar refractivity (Wildman–Crippen MR) is 64.9 cm³/mol. The standard InChI is InChI=1S/C13H19NO3/c1-3-16-11-6-4-5-10(7-11)13-14(2)8-12(9-15)17-13/h4-7,12-13,15H,3,8-9H2,1-2H3. The van der Waals surface area contributed by atoms with Crippen LogP contribution >= 0.6 is 0 Å². The first-order chi connectivity index (χ1) is 8.24. The number of likely N-dealkylation sites (N-methyl/N-ethyl adjacent to an activating group) is 1. The van der Waals surface area contributed by atoms with Crippen molar-refractivity contribution in [3.05, 3.63) is 29.8 Å². The molecular weight excluding hydrogens is 218 g/mol. The Morgan fingerprint density at radius 2 is 2.35 bits per heavy atom. The average molecular weight is 237 g/mol. The summed E-state index contributed by atoms with van der Waals surface area (Å²) in [5.74, 6) is 0.856. The van der Waals surface area contributed by atoms with E-state index in [0.29, 0.717) is 6.61 Å². The molecule has 0 aromatic heterocycles. The van der Waals surface area contributed by atoms with Gasteiger partial charge in [0.1, 0.15) is 12.0 Å². The van der Waals surface area contributed by atoms with Crippen molar-refractivity contribution in [3.8, 4) is 5.75 Å². The van der Waals surface area contributed by atoms with Crippen LogP contribution in [0.2, 0.25) is 0 Å². The summed E-state index contributed by atoms with van der Waals surface area (Å²) in [5, 5.41) is 9.11. The molecule has 0 aliphatic carbocycles. The lowest BCUT2D eigenvalue weighted by molar-refractivity contribution is -0.0140. The quantitative estimate of drug-likeness (QED) is 0.859. The Bertz CT molecular complexity index is 369. The minimum absolute atomic E-state index is 0.0615. The highest BCUT2D eigenvalue weighted by molar-refractivity contribution is 5.30. The van der Waals surface area contributed by atoms with Crippen molar-refractivity contribution in [2.75, 3.05) is 26.8 Å². The molecule has 4 nitrogen and oxygen atoms in total. The van der Waals surface area contributed by atoms with Crippen molar-refractivity contribution in [3.63, 3.8) is 0 Å². The smallest absolute Gasteiger partial charge is 0.137 e. The van der Waals surface area contributed by atoms with Crippen molar-refractivity contribution >= 4 is 0 Å². The maximum atomic E-state index is 9.11. The first-order valence-corrected chi connectivity index (χ1v) is 5.94. The third-order valence-corrected chi connectivity index (χ3v) is 2.87. The summed E-state index contributed by atoms with van der Waals surface area (Å²) in [6.07, 6.45) is -0.187. The second-order valence-electron chi connectivity index (χ2n) is 4.24.